The van der Waals surface area contributed by atoms with Crippen molar-refractivity contribution in [1.82, 2.24) is 13.6 Å². The fourth-order valence-electron chi connectivity index (χ4n) is 4.05. The third-order valence-corrected chi connectivity index (χ3v) is 6.43. The average Bonchev–Trinajstić information content (AvgIpc) is 3.21. The Morgan fingerprint density at radius 3 is 2.68 bits per heavy atom. The largest absolute Gasteiger partial charge is 0.459 e. The highest BCUT2D eigenvalue weighted by atomic mass is 35.5. The highest BCUT2D eigenvalue weighted by Gasteiger charge is 2.39. The standard InChI is InChI=1S/C21H23Cl2N3OS/c1-13(2)19(6-5-14-8-16(22)10-17(23)9-14)27-21-20(24-28-25-21)18-12-26-7-3-4-15(18)11-26/h8-10,13,15,18-19H,3-4,7,11-12H2,1-2H3/t15-,18-,19?/m0/s1. The molecule has 2 fully saturated rings. The zero-order valence-corrected chi connectivity index (χ0v) is 18.3. The van der Waals surface area contributed by atoms with Crippen molar-refractivity contribution >= 4 is 34.9 Å². The Hall–Kier alpha value is -1.32. The van der Waals surface area contributed by atoms with Gasteiger partial charge in [0, 0.05) is 40.5 Å². The summed E-state index contributed by atoms with van der Waals surface area (Å²) in [6.45, 7) is 7.62. The number of hydrogen-bond acceptors (Lipinski definition) is 5. The number of hydrogen-bond donors (Lipinski definition) is 0. The van der Waals surface area contributed by atoms with Gasteiger partial charge in [0.1, 0.15) is 5.69 Å². The number of nitrogens with zero attached hydrogens (tertiary/aromatic N) is 3. The fraction of sp³-hybridized carbons (Fsp3) is 0.524. The van der Waals surface area contributed by atoms with Gasteiger partial charge in [0.15, 0.2) is 6.10 Å². The Bertz CT molecular complexity index is 884. The van der Waals surface area contributed by atoms with Crippen LogP contribution < -0.4 is 4.74 Å². The van der Waals surface area contributed by atoms with Gasteiger partial charge in [-0.3, -0.25) is 0 Å². The fourth-order valence-corrected chi connectivity index (χ4v) is 5.13. The van der Waals surface area contributed by atoms with Crippen molar-refractivity contribution in [1.29, 1.82) is 0 Å². The summed E-state index contributed by atoms with van der Waals surface area (Å²) in [6, 6.07) is 5.31. The van der Waals surface area contributed by atoms with Crippen LogP contribution in [0, 0.1) is 23.7 Å². The second kappa shape index (κ2) is 8.59. The predicted octanol–water partition coefficient (Wildman–Crippen LogP) is 5.11. The SMILES string of the molecule is CC(C)C(C#Cc1cc(Cl)cc(Cl)c1)Oc1nsnc1[C@H]1CN2CCC[C@H]1C2. The van der Waals surface area contributed by atoms with Crippen LogP contribution in [0.5, 0.6) is 5.88 Å². The lowest BCUT2D eigenvalue weighted by molar-refractivity contribution is 0.196. The van der Waals surface area contributed by atoms with Gasteiger partial charge in [-0.25, -0.2) is 0 Å². The van der Waals surface area contributed by atoms with Crippen LogP contribution in [0.15, 0.2) is 18.2 Å². The number of halogens is 2. The lowest BCUT2D eigenvalue weighted by Crippen LogP contribution is -2.25. The lowest BCUT2D eigenvalue weighted by Gasteiger charge is -2.22. The minimum Gasteiger partial charge on any atom is -0.459 e. The van der Waals surface area contributed by atoms with Crippen LogP contribution in [-0.2, 0) is 0 Å². The van der Waals surface area contributed by atoms with E-state index in [9.17, 15) is 0 Å². The van der Waals surface area contributed by atoms with Crippen molar-refractivity contribution in [3.63, 3.8) is 0 Å². The molecule has 4 atom stereocenters. The molecule has 2 aliphatic rings. The second-order valence-corrected chi connectivity index (χ2v) is 9.33. The number of aromatic nitrogens is 2. The molecule has 0 N–H and O–H groups in total. The average molecular weight is 436 g/mol. The third kappa shape index (κ3) is 4.46. The molecule has 0 aliphatic carbocycles. The van der Waals surface area contributed by atoms with Gasteiger partial charge >= 0.3 is 0 Å². The molecule has 1 aromatic carbocycles. The molecule has 2 bridgehead atoms. The summed E-state index contributed by atoms with van der Waals surface area (Å²) in [6.07, 6.45) is 2.26. The van der Waals surface area contributed by atoms with Gasteiger partial charge in [-0.2, -0.15) is 4.37 Å². The quantitative estimate of drug-likeness (QED) is 0.625. The Morgan fingerprint density at radius 1 is 1.18 bits per heavy atom. The van der Waals surface area contributed by atoms with E-state index >= 15 is 0 Å². The summed E-state index contributed by atoms with van der Waals surface area (Å²) in [5.74, 6) is 8.33. The summed E-state index contributed by atoms with van der Waals surface area (Å²) in [5.41, 5.74) is 1.79. The van der Waals surface area contributed by atoms with Crippen LogP contribution >= 0.6 is 34.9 Å². The minimum atomic E-state index is -0.276. The summed E-state index contributed by atoms with van der Waals surface area (Å²) in [5, 5.41) is 1.15. The van der Waals surface area contributed by atoms with Gasteiger partial charge in [0.25, 0.3) is 5.88 Å². The van der Waals surface area contributed by atoms with E-state index in [1.807, 2.05) is 0 Å². The zero-order valence-electron chi connectivity index (χ0n) is 16.0. The van der Waals surface area contributed by atoms with Crippen molar-refractivity contribution in [2.45, 2.75) is 38.7 Å². The van der Waals surface area contributed by atoms with E-state index in [0.29, 0.717) is 27.8 Å². The van der Waals surface area contributed by atoms with E-state index in [1.54, 1.807) is 18.2 Å². The molecule has 4 rings (SSSR count). The first-order valence-corrected chi connectivity index (χ1v) is 11.2. The van der Waals surface area contributed by atoms with Gasteiger partial charge in [-0.1, -0.05) is 48.9 Å². The Balaban J connectivity index is 1.54. The van der Waals surface area contributed by atoms with E-state index in [4.69, 9.17) is 27.9 Å². The van der Waals surface area contributed by atoms with Crippen LogP contribution in [0.2, 0.25) is 10.0 Å². The molecular formula is C21H23Cl2N3OS. The number of ether oxygens (including phenoxy) is 1. The van der Waals surface area contributed by atoms with Crippen LogP contribution in [0.25, 0.3) is 0 Å². The van der Waals surface area contributed by atoms with Gasteiger partial charge < -0.3 is 9.64 Å². The summed E-state index contributed by atoms with van der Waals surface area (Å²) < 4.78 is 15.3. The normalized spacial score (nSPS) is 24.7. The molecule has 0 radical (unpaired) electrons. The summed E-state index contributed by atoms with van der Waals surface area (Å²) in [7, 11) is 0. The molecule has 0 saturated carbocycles. The Kier molecular flexibility index (Phi) is 6.13. The molecule has 1 aromatic heterocycles. The number of benzene rings is 1. The van der Waals surface area contributed by atoms with Gasteiger partial charge in [0.2, 0.25) is 0 Å². The molecule has 2 aliphatic heterocycles. The summed E-state index contributed by atoms with van der Waals surface area (Å²) in [4.78, 5) is 2.53. The van der Waals surface area contributed by atoms with Crippen molar-refractivity contribution in [2.75, 3.05) is 19.6 Å². The maximum absolute atomic E-state index is 6.27. The van der Waals surface area contributed by atoms with E-state index in [2.05, 4.69) is 39.3 Å². The first-order valence-electron chi connectivity index (χ1n) is 9.68. The molecule has 2 unspecified atom stereocenters. The molecule has 7 heteroatoms. The minimum absolute atomic E-state index is 0.211. The smallest absolute Gasteiger partial charge is 0.250 e. The monoisotopic (exact) mass is 435 g/mol. The van der Waals surface area contributed by atoms with E-state index in [1.165, 1.54) is 37.7 Å². The van der Waals surface area contributed by atoms with Crippen molar-refractivity contribution in [3.8, 4) is 17.7 Å². The van der Waals surface area contributed by atoms with Crippen LogP contribution in [0.4, 0.5) is 0 Å². The van der Waals surface area contributed by atoms with Gasteiger partial charge in [-0.15, -0.1) is 4.37 Å². The highest BCUT2D eigenvalue weighted by Crippen LogP contribution is 2.41. The van der Waals surface area contributed by atoms with Crippen molar-refractivity contribution in [2.24, 2.45) is 11.8 Å². The molecule has 4 nitrogen and oxygen atoms in total. The zero-order chi connectivity index (χ0) is 19.7. The van der Waals surface area contributed by atoms with Gasteiger partial charge in [-0.05, 0) is 43.5 Å². The molecule has 28 heavy (non-hydrogen) atoms. The van der Waals surface area contributed by atoms with E-state index in [-0.39, 0.29) is 12.0 Å². The van der Waals surface area contributed by atoms with Crippen molar-refractivity contribution in [3.05, 3.63) is 39.5 Å². The molecule has 0 amide bonds. The molecule has 0 spiro atoms. The molecule has 3 heterocycles. The summed E-state index contributed by atoms with van der Waals surface area (Å²) >= 11 is 13.4. The first-order chi connectivity index (χ1) is 13.5. The Labute approximate surface area is 180 Å². The molecule has 148 valence electrons. The maximum Gasteiger partial charge on any atom is 0.250 e. The topological polar surface area (TPSA) is 38.3 Å². The van der Waals surface area contributed by atoms with Crippen molar-refractivity contribution < 1.29 is 4.74 Å². The highest BCUT2D eigenvalue weighted by molar-refractivity contribution is 6.99. The van der Waals surface area contributed by atoms with Crippen LogP contribution in [-0.4, -0.2) is 39.4 Å². The van der Waals surface area contributed by atoms with E-state index < -0.39 is 0 Å². The maximum atomic E-state index is 6.27. The predicted molar refractivity (Wildman–Crippen MR) is 114 cm³/mol. The molecule has 2 saturated heterocycles. The van der Waals surface area contributed by atoms with Crippen LogP contribution in [0.1, 0.15) is 43.9 Å². The van der Waals surface area contributed by atoms with E-state index in [0.717, 1.165) is 17.8 Å². The first kappa shape index (κ1) is 20.0. The third-order valence-electron chi connectivity index (χ3n) is 5.46. The Morgan fingerprint density at radius 2 is 1.96 bits per heavy atom. The molecule has 2 aromatic rings. The number of fused-ring (bicyclic) bond motifs is 2. The number of piperidine rings is 1. The number of rotatable bonds is 4. The molecular weight excluding hydrogens is 413 g/mol. The lowest BCUT2D eigenvalue weighted by atomic mass is 9.89. The van der Waals surface area contributed by atoms with Gasteiger partial charge in [0.05, 0.1) is 11.7 Å². The second-order valence-electron chi connectivity index (χ2n) is 7.93. The van der Waals surface area contributed by atoms with Crippen LogP contribution in [0.3, 0.4) is 0 Å².